The fraction of sp³-hybridized carbons (Fsp3) is 0.417. The Labute approximate surface area is 99.9 Å². The first kappa shape index (κ1) is 13.0. The quantitative estimate of drug-likeness (QED) is 0.606. The van der Waals surface area contributed by atoms with Gasteiger partial charge in [0.05, 0.1) is 5.03 Å². The number of hydrogen-bond acceptors (Lipinski definition) is 4. The monoisotopic (exact) mass is 237 g/mol. The fourth-order valence-electron chi connectivity index (χ4n) is 1.00. The summed E-state index contributed by atoms with van der Waals surface area (Å²) in [4.78, 5) is 4.14. The average Bonchev–Trinajstić information content (AvgIpc) is 2.25. The van der Waals surface area contributed by atoms with E-state index in [-0.39, 0.29) is 0 Å². The normalized spacial score (nSPS) is 12.8. The van der Waals surface area contributed by atoms with Crippen LogP contribution in [0.1, 0.15) is 25.5 Å². The highest BCUT2D eigenvalue weighted by molar-refractivity contribution is 7.98. The lowest BCUT2D eigenvalue weighted by Crippen LogP contribution is -2.15. The van der Waals surface area contributed by atoms with E-state index in [4.69, 9.17) is 0 Å². The molecule has 0 aliphatic heterocycles. The number of aliphatic hydroxyl groups is 2. The van der Waals surface area contributed by atoms with Crippen LogP contribution in [-0.2, 0) is 0 Å². The fourth-order valence-corrected chi connectivity index (χ4v) is 1.36. The molecular weight excluding hydrogens is 222 g/mol. The number of pyridine rings is 1. The SMILES string of the molecule is CSc1ccc(C(O)C#CC(C)(C)O)cn1. The summed E-state index contributed by atoms with van der Waals surface area (Å²) in [5.41, 5.74) is -0.456. The van der Waals surface area contributed by atoms with Crippen LogP contribution in [0.4, 0.5) is 0 Å². The molecule has 0 aliphatic carbocycles. The van der Waals surface area contributed by atoms with Gasteiger partial charge < -0.3 is 10.2 Å². The lowest BCUT2D eigenvalue weighted by molar-refractivity contribution is 0.142. The molecule has 3 nitrogen and oxygen atoms in total. The highest BCUT2D eigenvalue weighted by Gasteiger charge is 2.09. The second kappa shape index (κ2) is 5.35. The van der Waals surface area contributed by atoms with Crippen molar-refractivity contribution in [1.82, 2.24) is 4.98 Å². The van der Waals surface area contributed by atoms with Crippen molar-refractivity contribution < 1.29 is 10.2 Å². The van der Waals surface area contributed by atoms with Gasteiger partial charge in [-0.2, -0.15) is 0 Å². The number of hydrogen-bond donors (Lipinski definition) is 2. The van der Waals surface area contributed by atoms with Crippen LogP contribution >= 0.6 is 11.8 Å². The van der Waals surface area contributed by atoms with Crippen LogP contribution < -0.4 is 0 Å². The molecule has 0 spiro atoms. The maximum absolute atomic E-state index is 9.72. The van der Waals surface area contributed by atoms with Crippen molar-refractivity contribution in [3.8, 4) is 11.8 Å². The molecule has 2 N–H and O–H groups in total. The maximum atomic E-state index is 9.72. The Hall–Kier alpha value is -1.02. The largest absolute Gasteiger partial charge is 0.378 e. The Balaban J connectivity index is 2.79. The van der Waals surface area contributed by atoms with Gasteiger partial charge in [-0.15, -0.1) is 11.8 Å². The Kier molecular flexibility index (Phi) is 4.36. The van der Waals surface area contributed by atoms with Gasteiger partial charge in [0.15, 0.2) is 0 Å². The van der Waals surface area contributed by atoms with Crippen LogP contribution in [-0.4, -0.2) is 27.1 Å². The number of nitrogens with zero attached hydrogens (tertiary/aromatic N) is 1. The third-order valence-corrected chi connectivity index (χ3v) is 2.46. The molecular formula is C12H15NO2S. The molecule has 1 rings (SSSR count). The molecule has 0 bridgehead atoms. The molecule has 1 atom stereocenters. The van der Waals surface area contributed by atoms with Crippen LogP contribution in [0.15, 0.2) is 23.4 Å². The summed E-state index contributed by atoms with van der Waals surface area (Å²) < 4.78 is 0. The summed E-state index contributed by atoms with van der Waals surface area (Å²) in [6, 6.07) is 3.61. The van der Waals surface area contributed by atoms with E-state index in [1.807, 2.05) is 12.3 Å². The molecule has 0 radical (unpaired) electrons. The Morgan fingerprint density at radius 1 is 1.44 bits per heavy atom. The summed E-state index contributed by atoms with van der Waals surface area (Å²) in [6.07, 6.45) is 2.62. The third kappa shape index (κ3) is 4.23. The van der Waals surface area contributed by atoms with Crippen LogP contribution in [0.3, 0.4) is 0 Å². The molecule has 0 fully saturated rings. The van der Waals surface area contributed by atoms with Gasteiger partial charge in [0.25, 0.3) is 0 Å². The van der Waals surface area contributed by atoms with Crippen LogP contribution in [0.5, 0.6) is 0 Å². The minimum atomic E-state index is -1.09. The van der Waals surface area contributed by atoms with Gasteiger partial charge >= 0.3 is 0 Å². The Morgan fingerprint density at radius 2 is 2.12 bits per heavy atom. The first-order valence-corrected chi connectivity index (χ1v) is 6.08. The van der Waals surface area contributed by atoms with Crippen molar-refractivity contribution in [3.05, 3.63) is 23.9 Å². The molecule has 4 heteroatoms. The maximum Gasteiger partial charge on any atom is 0.141 e. The van der Waals surface area contributed by atoms with Gasteiger partial charge in [-0.1, -0.05) is 17.9 Å². The lowest BCUT2D eigenvalue weighted by atomic mass is 10.1. The number of rotatable bonds is 2. The zero-order chi connectivity index (χ0) is 12.2. The summed E-state index contributed by atoms with van der Waals surface area (Å²) >= 11 is 1.54. The zero-order valence-corrected chi connectivity index (χ0v) is 10.4. The minimum absolute atomic E-state index is 0.634. The molecule has 16 heavy (non-hydrogen) atoms. The third-order valence-electron chi connectivity index (χ3n) is 1.80. The van der Waals surface area contributed by atoms with Crippen molar-refractivity contribution >= 4 is 11.8 Å². The number of thioether (sulfide) groups is 1. The highest BCUT2D eigenvalue weighted by atomic mass is 32.2. The Morgan fingerprint density at radius 3 is 2.56 bits per heavy atom. The van der Waals surface area contributed by atoms with Crippen molar-refractivity contribution in [2.24, 2.45) is 0 Å². The van der Waals surface area contributed by atoms with Gasteiger partial charge in [-0.3, -0.25) is 0 Å². The molecule has 1 heterocycles. The van der Waals surface area contributed by atoms with Gasteiger partial charge in [-0.25, -0.2) is 4.98 Å². The van der Waals surface area contributed by atoms with E-state index in [1.165, 1.54) is 11.8 Å². The van der Waals surface area contributed by atoms with E-state index < -0.39 is 11.7 Å². The minimum Gasteiger partial charge on any atom is -0.378 e. The zero-order valence-electron chi connectivity index (χ0n) is 9.56. The molecule has 0 amide bonds. The van der Waals surface area contributed by atoms with Gasteiger partial charge in [0, 0.05) is 11.8 Å². The van der Waals surface area contributed by atoms with E-state index in [0.29, 0.717) is 5.56 Å². The van der Waals surface area contributed by atoms with Crippen molar-refractivity contribution in [1.29, 1.82) is 0 Å². The lowest BCUT2D eigenvalue weighted by Gasteiger charge is -2.08. The summed E-state index contributed by atoms with van der Waals surface area (Å²) in [5.74, 6) is 5.16. The second-order valence-corrected chi connectivity index (χ2v) is 4.69. The molecule has 0 aliphatic rings. The molecule has 0 saturated carbocycles. The second-order valence-electron chi connectivity index (χ2n) is 3.86. The standard InChI is InChI=1S/C12H15NO2S/c1-12(2,15)7-6-10(14)9-4-5-11(16-3)13-8-9/h4-5,8,10,14-15H,1-3H3. The van der Waals surface area contributed by atoms with Gasteiger partial charge in [0.2, 0.25) is 0 Å². The van der Waals surface area contributed by atoms with Crippen LogP contribution in [0.2, 0.25) is 0 Å². The molecule has 1 aromatic rings. The molecule has 0 aromatic carbocycles. The van der Waals surface area contributed by atoms with Gasteiger partial charge in [-0.05, 0) is 26.2 Å². The predicted octanol–water partition coefficient (Wildman–Crippen LogP) is 1.61. The van der Waals surface area contributed by atoms with E-state index in [1.54, 1.807) is 26.1 Å². The smallest absolute Gasteiger partial charge is 0.141 e. The number of aliphatic hydroxyl groups excluding tert-OH is 1. The first-order valence-electron chi connectivity index (χ1n) is 4.85. The Bertz CT molecular complexity index is 398. The van der Waals surface area contributed by atoms with Crippen molar-refractivity contribution in [2.75, 3.05) is 6.26 Å². The molecule has 0 saturated heterocycles. The van der Waals surface area contributed by atoms with Crippen molar-refractivity contribution in [3.63, 3.8) is 0 Å². The van der Waals surface area contributed by atoms with E-state index >= 15 is 0 Å². The van der Waals surface area contributed by atoms with Crippen LogP contribution in [0, 0.1) is 11.8 Å². The topological polar surface area (TPSA) is 53.4 Å². The average molecular weight is 237 g/mol. The van der Waals surface area contributed by atoms with Crippen LogP contribution in [0.25, 0.3) is 0 Å². The summed E-state index contributed by atoms with van der Waals surface area (Å²) in [6.45, 7) is 3.14. The first-order chi connectivity index (χ1) is 7.42. The molecule has 1 aromatic heterocycles. The van der Waals surface area contributed by atoms with E-state index in [0.717, 1.165) is 5.03 Å². The van der Waals surface area contributed by atoms with Gasteiger partial charge in [0.1, 0.15) is 11.7 Å². The van der Waals surface area contributed by atoms with E-state index in [2.05, 4.69) is 16.8 Å². The summed E-state index contributed by atoms with van der Waals surface area (Å²) in [7, 11) is 0. The molecule has 1 unspecified atom stereocenters. The molecule has 86 valence electrons. The summed E-state index contributed by atoms with van der Waals surface area (Å²) in [5, 5.41) is 20.0. The highest BCUT2D eigenvalue weighted by Crippen LogP contribution is 2.15. The van der Waals surface area contributed by atoms with E-state index in [9.17, 15) is 10.2 Å². The number of aromatic nitrogens is 1. The predicted molar refractivity (Wildman–Crippen MR) is 65.1 cm³/mol. The van der Waals surface area contributed by atoms with Crippen molar-refractivity contribution in [2.45, 2.75) is 30.6 Å².